The summed E-state index contributed by atoms with van der Waals surface area (Å²) in [5.41, 5.74) is 0.860. The molecule has 1 aromatic rings. The third-order valence-corrected chi connectivity index (χ3v) is 2.62. The van der Waals surface area contributed by atoms with Gasteiger partial charge in [0.25, 0.3) is 0 Å². The molecule has 0 saturated carbocycles. The van der Waals surface area contributed by atoms with Crippen molar-refractivity contribution in [3.8, 4) is 5.75 Å². The molecule has 1 aromatic carbocycles. The van der Waals surface area contributed by atoms with Gasteiger partial charge in [-0.05, 0) is 38.0 Å². The first-order chi connectivity index (χ1) is 8.63. The van der Waals surface area contributed by atoms with Crippen LogP contribution in [0.2, 0.25) is 0 Å². The maximum atomic E-state index is 9.91. The lowest BCUT2D eigenvalue weighted by atomic mass is 10.1. The molecule has 1 N–H and O–H groups in total. The minimum atomic E-state index is -0.572. The van der Waals surface area contributed by atoms with E-state index in [1.54, 1.807) is 0 Å². The number of aliphatic hydroxyl groups excluding tert-OH is 1. The molecule has 0 amide bonds. The molecule has 0 aliphatic heterocycles. The zero-order chi connectivity index (χ0) is 13.4. The number of benzene rings is 1. The lowest BCUT2D eigenvalue weighted by molar-refractivity contribution is 0.00491. The predicted octanol–water partition coefficient (Wildman–Crippen LogP) is 3.32. The Kier molecular flexibility index (Phi) is 6.76. The molecule has 3 nitrogen and oxygen atoms in total. The first kappa shape index (κ1) is 15.0. The van der Waals surface area contributed by atoms with Gasteiger partial charge in [-0.2, -0.15) is 0 Å². The van der Waals surface area contributed by atoms with Gasteiger partial charge in [0.2, 0.25) is 0 Å². The summed E-state index contributed by atoms with van der Waals surface area (Å²) in [5.74, 6) is 0.851. The molecule has 0 spiro atoms. The van der Waals surface area contributed by atoms with Crippen LogP contribution in [0, 0.1) is 0 Å². The monoisotopic (exact) mass is 252 g/mol. The molecule has 0 heterocycles. The second-order valence-corrected chi connectivity index (χ2v) is 4.67. The number of rotatable bonds is 8. The highest BCUT2D eigenvalue weighted by Crippen LogP contribution is 2.18. The Labute approximate surface area is 110 Å². The molecule has 1 unspecified atom stereocenters. The van der Waals surface area contributed by atoms with Crippen molar-refractivity contribution in [3.63, 3.8) is 0 Å². The van der Waals surface area contributed by atoms with Crippen molar-refractivity contribution >= 4 is 0 Å². The fraction of sp³-hybridized carbons (Fsp3) is 0.600. The molecule has 3 heteroatoms. The Morgan fingerprint density at radius 3 is 2.39 bits per heavy atom. The first-order valence-corrected chi connectivity index (χ1v) is 6.66. The van der Waals surface area contributed by atoms with Crippen molar-refractivity contribution in [1.82, 2.24) is 0 Å². The average Bonchev–Trinajstić information content (AvgIpc) is 2.37. The zero-order valence-electron chi connectivity index (χ0n) is 11.6. The Morgan fingerprint density at radius 1 is 1.17 bits per heavy atom. The van der Waals surface area contributed by atoms with E-state index in [0.29, 0.717) is 6.61 Å². The van der Waals surface area contributed by atoms with E-state index in [1.807, 2.05) is 38.1 Å². The maximum Gasteiger partial charge on any atom is 0.119 e. The van der Waals surface area contributed by atoms with Crippen molar-refractivity contribution in [2.75, 3.05) is 13.2 Å². The van der Waals surface area contributed by atoms with Crippen LogP contribution in [0.5, 0.6) is 5.75 Å². The summed E-state index contributed by atoms with van der Waals surface area (Å²) in [4.78, 5) is 0. The standard InChI is InChI=1S/C15H24O3/c1-4-5-10-17-14-8-6-13(7-9-14)15(16)11-18-12(2)3/h6-9,12,15-16H,4-5,10-11H2,1-3H3. The van der Waals surface area contributed by atoms with Crippen LogP contribution < -0.4 is 4.74 Å². The van der Waals surface area contributed by atoms with Gasteiger partial charge >= 0.3 is 0 Å². The van der Waals surface area contributed by atoms with E-state index in [-0.39, 0.29) is 6.10 Å². The van der Waals surface area contributed by atoms with Crippen molar-refractivity contribution in [2.24, 2.45) is 0 Å². The molecule has 102 valence electrons. The summed E-state index contributed by atoms with van der Waals surface area (Å²) in [6.07, 6.45) is 1.75. The molecule has 0 fully saturated rings. The highest BCUT2D eigenvalue weighted by molar-refractivity contribution is 5.28. The SMILES string of the molecule is CCCCOc1ccc(C(O)COC(C)C)cc1. The number of unbranched alkanes of at least 4 members (excludes halogenated alkanes) is 1. The molecule has 0 bridgehead atoms. The molecule has 1 atom stereocenters. The lowest BCUT2D eigenvalue weighted by Gasteiger charge is -2.14. The largest absolute Gasteiger partial charge is 0.494 e. The van der Waals surface area contributed by atoms with E-state index >= 15 is 0 Å². The highest BCUT2D eigenvalue weighted by Gasteiger charge is 2.08. The fourth-order valence-corrected chi connectivity index (χ4v) is 1.50. The van der Waals surface area contributed by atoms with Crippen LogP contribution in [-0.4, -0.2) is 24.4 Å². The molecule has 0 aliphatic carbocycles. The lowest BCUT2D eigenvalue weighted by Crippen LogP contribution is -2.11. The summed E-state index contributed by atoms with van der Waals surface area (Å²) >= 11 is 0. The van der Waals surface area contributed by atoms with Crippen molar-refractivity contribution in [3.05, 3.63) is 29.8 Å². The summed E-state index contributed by atoms with van der Waals surface area (Å²) in [6.45, 7) is 7.12. The smallest absolute Gasteiger partial charge is 0.119 e. The predicted molar refractivity (Wildman–Crippen MR) is 72.9 cm³/mol. The van der Waals surface area contributed by atoms with Crippen molar-refractivity contribution in [1.29, 1.82) is 0 Å². The number of aliphatic hydroxyl groups is 1. The molecule has 0 aliphatic rings. The second-order valence-electron chi connectivity index (χ2n) is 4.67. The van der Waals surface area contributed by atoms with Crippen molar-refractivity contribution in [2.45, 2.75) is 45.8 Å². The number of ether oxygens (including phenoxy) is 2. The summed E-state index contributed by atoms with van der Waals surface area (Å²) in [5, 5.41) is 9.91. The molecular formula is C15H24O3. The van der Waals surface area contributed by atoms with E-state index in [2.05, 4.69) is 6.92 Å². The van der Waals surface area contributed by atoms with Gasteiger partial charge in [-0.3, -0.25) is 0 Å². The Bertz CT molecular complexity index is 319. The van der Waals surface area contributed by atoms with Gasteiger partial charge in [0, 0.05) is 0 Å². The summed E-state index contributed by atoms with van der Waals surface area (Å²) in [7, 11) is 0. The fourth-order valence-electron chi connectivity index (χ4n) is 1.50. The van der Waals surface area contributed by atoms with Crippen LogP contribution in [0.4, 0.5) is 0 Å². The second kappa shape index (κ2) is 8.11. The van der Waals surface area contributed by atoms with Gasteiger partial charge in [-0.1, -0.05) is 25.5 Å². The Morgan fingerprint density at radius 2 is 1.83 bits per heavy atom. The molecule has 0 saturated heterocycles. The molecule has 1 rings (SSSR count). The normalized spacial score (nSPS) is 12.7. The van der Waals surface area contributed by atoms with Crippen molar-refractivity contribution < 1.29 is 14.6 Å². The third-order valence-electron chi connectivity index (χ3n) is 2.62. The Hall–Kier alpha value is -1.06. The highest BCUT2D eigenvalue weighted by atomic mass is 16.5. The van der Waals surface area contributed by atoms with E-state index in [0.717, 1.165) is 30.8 Å². The van der Waals surface area contributed by atoms with Gasteiger partial charge in [0.15, 0.2) is 0 Å². The van der Waals surface area contributed by atoms with Crippen LogP contribution in [0.1, 0.15) is 45.3 Å². The Balaban J connectivity index is 2.43. The van der Waals surface area contributed by atoms with E-state index in [4.69, 9.17) is 9.47 Å². The third kappa shape index (κ3) is 5.52. The first-order valence-electron chi connectivity index (χ1n) is 6.66. The van der Waals surface area contributed by atoms with Gasteiger partial charge < -0.3 is 14.6 Å². The number of hydrogen-bond acceptors (Lipinski definition) is 3. The zero-order valence-corrected chi connectivity index (χ0v) is 11.6. The van der Waals surface area contributed by atoms with Crippen LogP contribution in [0.3, 0.4) is 0 Å². The molecule has 18 heavy (non-hydrogen) atoms. The van der Waals surface area contributed by atoms with Crippen LogP contribution >= 0.6 is 0 Å². The summed E-state index contributed by atoms with van der Waals surface area (Å²) < 4.78 is 11.0. The van der Waals surface area contributed by atoms with Gasteiger partial charge in [-0.25, -0.2) is 0 Å². The number of hydrogen-bond donors (Lipinski definition) is 1. The van der Waals surface area contributed by atoms with Crippen LogP contribution in [0.15, 0.2) is 24.3 Å². The quantitative estimate of drug-likeness (QED) is 0.721. The van der Waals surface area contributed by atoms with Crippen LogP contribution in [0.25, 0.3) is 0 Å². The summed E-state index contributed by atoms with van der Waals surface area (Å²) in [6, 6.07) is 7.55. The van der Waals surface area contributed by atoms with E-state index < -0.39 is 6.10 Å². The van der Waals surface area contributed by atoms with Gasteiger partial charge in [0.05, 0.1) is 19.3 Å². The van der Waals surface area contributed by atoms with E-state index in [9.17, 15) is 5.11 Å². The minimum absolute atomic E-state index is 0.135. The minimum Gasteiger partial charge on any atom is -0.494 e. The van der Waals surface area contributed by atoms with Crippen LogP contribution in [-0.2, 0) is 4.74 Å². The topological polar surface area (TPSA) is 38.7 Å². The maximum absolute atomic E-state index is 9.91. The van der Waals surface area contributed by atoms with E-state index in [1.165, 1.54) is 0 Å². The molecule has 0 radical (unpaired) electrons. The van der Waals surface area contributed by atoms with Gasteiger partial charge in [-0.15, -0.1) is 0 Å². The van der Waals surface area contributed by atoms with Gasteiger partial charge in [0.1, 0.15) is 11.9 Å². The average molecular weight is 252 g/mol. The molecule has 0 aromatic heterocycles. The molecular weight excluding hydrogens is 228 g/mol.